The van der Waals surface area contributed by atoms with Gasteiger partial charge in [0.1, 0.15) is 0 Å². The second-order valence-corrected chi connectivity index (χ2v) is 10.1. The molecule has 1 saturated heterocycles. The number of primary sulfonamides is 1. The highest BCUT2D eigenvalue weighted by atomic mass is 32.2. The van der Waals surface area contributed by atoms with Gasteiger partial charge in [0.15, 0.2) is 5.82 Å². The number of rotatable bonds is 7. The van der Waals surface area contributed by atoms with Crippen LogP contribution in [0.25, 0.3) is 11.3 Å². The molecule has 9 heteroatoms. The number of amides is 1. The molecule has 0 saturated carbocycles. The zero-order valence-corrected chi connectivity index (χ0v) is 20.0. The van der Waals surface area contributed by atoms with Crippen molar-refractivity contribution in [2.24, 2.45) is 11.1 Å². The first-order valence-electron chi connectivity index (χ1n) is 11.4. The van der Waals surface area contributed by atoms with Gasteiger partial charge in [0.05, 0.1) is 10.6 Å². The largest absolute Gasteiger partial charge is 0.356 e. The highest BCUT2D eigenvalue weighted by Gasteiger charge is 2.25. The maximum Gasteiger partial charge on any atom is 0.238 e. The number of benzene rings is 2. The van der Waals surface area contributed by atoms with Crippen LogP contribution in [0.15, 0.2) is 65.6 Å². The van der Waals surface area contributed by atoms with E-state index in [0.29, 0.717) is 13.0 Å². The predicted octanol–water partition coefficient (Wildman–Crippen LogP) is 2.67. The van der Waals surface area contributed by atoms with Crippen LogP contribution in [0.3, 0.4) is 0 Å². The molecule has 1 amide bonds. The summed E-state index contributed by atoms with van der Waals surface area (Å²) in [7, 11) is -3.69. The summed E-state index contributed by atoms with van der Waals surface area (Å²) >= 11 is 0. The fourth-order valence-electron chi connectivity index (χ4n) is 4.19. The number of nitrogens with two attached hydrogens (primary N) is 1. The number of sulfonamides is 1. The Morgan fingerprint density at radius 1 is 1.03 bits per heavy atom. The number of anilines is 1. The van der Waals surface area contributed by atoms with Gasteiger partial charge >= 0.3 is 0 Å². The van der Waals surface area contributed by atoms with Crippen molar-refractivity contribution in [2.75, 3.05) is 24.5 Å². The smallest absolute Gasteiger partial charge is 0.238 e. The molecule has 2 heterocycles. The van der Waals surface area contributed by atoms with Gasteiger partial charge in [-0.15, -0.1) is 10.2 Å². The highest BCUT2D eigenvalue weighted by Crippen LogP contribution is 2.25. The Labute approximate surface area is 200 Å². The molecule has 1 fully saturated rings. The molecule has 1 aliphatic heterocycles. The number of aromatic nitrogens is 2. The van der Waals surface area contributed by atoms with E-state index in [2.05, 4.69) is 33.4 Å². The summed E-state index contributed by atoms with van der Waals surface area (Å²) in [5, 5.41) is 17.0. The van der Waals surface area contributed by atoms with E-state index in [9.17, 15) is 13.2 Å². The molecule has 2 aromatic carbocycles. The first kappa shape index (κ1) is 23.8. The minimum Gasteiger partial charge on any atom is -0.356 e. The summed E-state index contributed by atoms with van der Waals surface area (Å²) in [6.45, 7) is 4.07. The fourth-order valence-corrected chi connectivity index (χ4v) is 4.70. The molecular formula is C25H29N5O3S. The van der Waals surface area contributed by atoms with Crippen LogP contribution in [0.1, 0.15) is 24.0 Å². The molecule has 1 aliphatic rings. The van der Waals surface area contributed by atoms with Crippen molar-refractivity contribution < 1.29 is 13.2 Å². The summed E-state index contributed by atoms with van der Waals surface area (Å²) in [4.78, 5) is 14.9. The van der Waals surface area contributed by atoms with E-state index in [1.54, 1.807) is 12.1 Å². The molecule has 0 unspecified atom stereocenters. The lowest BCUT2D eigenvalue weighted by Crippen LogP contribution is -2.41. The van der Waals surface area contributed by atoms with Crippen molar-refractivity contribution in [3.05, 3.63) is 71.8 Å². The van der Waals surface area contributed by atoms with Crippen LogP contribution in [-0.4, -0.2) is 44.2 Å². The highest BCUT2D eigenvalue weighted by molar-refractivity contribution is 7.89. The number of nitrogens with zero attached hydrogens (tertiary/aromatic N) is 3. The molecule has 0 aliphatic carbocycles. The van der Waals surface area contributed by atoms with Crippen LogP contribution in [-0.2, 0) is 21.2 Å². The van der Waals surface area contributed by atoms with E-state index >= 15 is 0 Å². The summed E-state index contributed by atoms with van der Waals surface area (Å²) < 4.78 is 22.7. The lowest BCUT2D eigenvalue weighted by atomic mass is 9.96. The average molecular weight is 480 g/mol. The zero-order chi connectivity index (χ0) is 24.1. The third-order valence-corrected chi connectivity index (χ3v) is 7.16. The number of hydrogen-bond donors (Lipinski definition) is 2. The van der Waals surface area contributed by atoms with Crippen molar-refractivity contribution in [2.45, 2.75) is 31.1 Å². The second-order valence-electron chi connectivity index (χ2n) is 8.58. The van der Waals surface area contributed by atoms with E-state index in [0.717, 1.165) is 54.1 Å². The van der Waals surface area contributed by atoms with E-state index in [4.69, 9.17) is 5.14 Å². The van der Waals surface area contributed by atoms with Gasteiger partial charge in [0, 0.05) is 31.1 Å². The molecule has 0 atom stereocenters. The maximum atomic E-state index is 12.6. The molecule has 8 nitrogen and oxygen atoms in total. The maximum absolute atomic E-state index is 12.6. The molecule has 178 valence electrons. The number of nitrogens with one attached hydrogen (secondary N) is 1. The minimum absolute atomic E-state index is 0.0276. The van der Waals surface area contributed by atoms with Gasteiger partial charge in [0.2, 0.25) is 15.9 Å². The Morgan fingerprint density at radius 3 is 2.35 bits per heavy atom. The number of piperidine rings is 1. The van der Waals surface area contributed by atoms with Gasteiger partial charge in [0.25, 0.3) is 0 Å². The van der Waals surface area contributed by atoms with Crippen molar-refractivity contribution in [3.8, 4) is 11.3 Å². The topological polar surface area (TPSA) is 118 Å². The molecule has 0 spiro atoms. The molecule has 3 aromatic rings. The average Bonchev–Trinajstić information content (AvgIpc) is 2.84. The van der Waals surface area contributed by atoms with Crippen molar-refractivity contribution in [1.29, 1.82) is 0 Å². The SMILES string of the molecule is Cc1ccccc1-c1ccc(N2CCC(C(=O)NCCc3ccc(S(N)(=O)=O)cc3)CC2)nn1. The van der Waals surface area contributed by atoms with Crippen LogP contribution in [0.2, 0.25) is 0 Å². The molecular weight excluding hydrogens is 450 g/mol. The quantitative estimate of drug-likeness (QED) is 0.538. The standard InChI is InChI=1S/C25H29N5O3S/c1-18-4-2-3-5-22(18)23-10-11-24(29-28-23)30-16-13-20(14-17-30)25(31)27-15-12-19-6-8-21(9-7-19)34(26,32)33/h2-11,20H,12-17H2,1H3,(H,27,31)(H2,26,32,33). The van der Waals surface area contributed by atoms with E-state index in [1.807, 2.05) is 30.3 Å². The predicted molar refractivity (Wildman–Crippen MR) is 132 cm³/mol. The summed E-state index contributed by atoms with van der Waals surface area (Å²) in [6, 6.07) is 18.5. The van der Waals surface area contributed by atoms with Crippen LogP contribution in [0.5, 0.6) is 0 Å². The van der Waals surface area contributed by atoms with Crippen molar-refractivity contribution >= 4 is 21.7 Å². The molecule has 1 aromatic heterocycles. The number of hydrogen-bond acceptors (Lipinski definition) is 6. The first-order valence-corrected chi connectivity index (χ1v) is 12.9. The van der Waals surface area contributed by atoms with Gasteiger partial charge in [-0.3, -0.25) is 4.79 Å². The van der Waals surface area contributed by atoms with Gasteiger partial charge in [-0.1, -0.05) is 36.4 Å². The lowest BCUT2D eigenvalue weighted by Gasteiger charge is -2.31. The fraction of sp³-hybridized carbons (Fsp3) is 0.320. The summed E-state index contributed by atoms with van der Waals surface area (Å²) in [5.41, 5.74) is 4.04. The van der Waals surface area contributed by atoms with E-state index < -0.39 is 10.0 Å². The lowest BCUT2D eigenvalue weighted by molar-refractivity contribution is -0.125. The van der Waals surface area contributed by atoms with Crippen molar-refractivity contribution in [3.63, 3.8) is 0 Å². The third kappa shape index (κ3) is 5.78. The number of aryl methyl sites for hydroxylation is 1. The van der Waals surface area contributed by atoms with Crippen molar-refractivity contribution in [1.82, 2.24) is 15.5 Å². The van der Waals surface area contributed by atoms with Gasteiger partial charge in [-0.05, 0) is 61.6 Å². The third-order valence-electron chi connectivity index (χ3n) is 6.23. The Kier molecular flexibility index (Phi) is 7.23. The Hall–Kier alpha value is -3.30. The monoisotopic (exact) mass is 479 g/mol. The number of carbonyl (C=O) groups excluding carboxylic acids is 1. The van der Waals surface area contributed by atoms with Crippen LogP contribution >= 0.6 is 0 Å². The summed E-state index contributed by atoms with van der Waals surface area (Å²) in [6.07, 6.45) is 2.14. The molecule has 3 N–H and O–H groups in total. The van der Waals surface area contributed by atoms with Gasteiger partial charge in [-0.2, -0.15) is 0 Å². The Morgan fingerprint density at radius 2 is 1.74 bits per heavy atom. The second kappa shape index (κ2) is 10.3. The Balaban J connectivity index is 1.24. The van der Waals surface area contributed by atoms with Crippen LogP contribution in [0.4, 0.5) is 5.82 Å². The molecule has 0 radical (unpaired) electrons. The number of carbonyl (C=O) groups is 1. The van der Waals surface area contributed by atoms with Crippen LogP contribution < -0.4 is 15.4 Å². The molecule has 0 bridgehead atoms. The Bertz CT molecular complexity index is 1240. The van der Waals surface area contributed by atoms with Gasteiger partial charge < -0.3 is 10.2 Å². The summed E-state index contributed by atoms with van der Waals surface area (Å²) in [5.74, 6) is 0.862. The van der Waals surface area contributed by atoms with E-state index in [-0.39, 0.29) is 16.7 Å². The molecule has 4 rings (SSSR count). The molecule has 34 heavy (non-hydrogen) atoms. The minimum atomic E-state index is -3.69. The zero-order valence-electron chi connectivity index (χ0n) is 19.1. The van der Waals surface area contributed by atoms with Gasteiger partial charge in [-0.25, -0.2) is 13.6 Å². The first-order chi connectivity index (χ1) is 16.3. The van der Waals surface area contributed by atoms with E-state index in [1.165, 1.54) is 12.1 Å². The normalized spacial score (nSPS) is 14.7. The van der Waals surface area contributed by atoms with Crippen LogP contribution in [0, 0.1) is 12.8 Å².